The minimum atomic E-state index is -0.540. The van der Waals surface area contributed by atoms with Gasteiger partial charge >= 0.3 is 12.2 Å². The molecule has 0 spiro atoms. The second kappa shape index (κ2) is 11.7. The van der Waals surface area contributed by atoms with E-state index in [9.17, 15) is 9.59 Å². The molecule has 2 amide bonds. The van der Waals surface area contributed by atoms with Gasteiger partial charge in [-0.2, -0.15) is 0 Å². The number of aromatic nitrogens is 4. The average Bonchev–Trinajstić information content (AvgIpc) is 3.68. The summed E-state index contributed by atoms with van der Waals surface area (Å²) < 4.78 is 11.5. The van der Waals surface area contributed by atoms with E-state index in [1.165, 1.54) is 0 Å². The predicted molar refractivity (Wildman–Crippen MR) is 199 cm³/mol. The molecule has 5 aromatic rings. The monoisotopic (exact) mass is 698 g/mol. The van der Waals surface area contributed by atoms with E-state index in [1.807, 2.05) is 63.7 Å². The number of rotatable bonds is 5. The van der Waals surface area contributed by atoms with Crippen molar-refractivity contribution in [1.29, 1.82) is 0 Å². The lowest BCUT2D eigenvalue weighted by molar-refractivity contribution is 0.0164. The molecule has 2 saturated carbocycles. The largest absolute Gasteiger partial charge is 0.444 e. The molecule has 4 heterocycles. The number of imidazole rings is 2. The molecule has 2 saturated heterocycles. The van der Waals surface area contributed by atoms with E-state index in [-0.39, 0.29) is 36.4 Å². The Hall–Kier alpha value is -5.12. The summed E-state index contributed by atoms with van der Waals surface area (Å²) in [5.41, 5.74) is 5.10. The maximum atomic E-state index is 13.1. The van der Waals surface area contributed by atoms with Crippen LogP contribution in [0.15, 0.2) is 73.1 Å². The van der Waals surface area contributed by atoms with E-state index in [4.69, 9.17) is 19.4 Å². The predicted octanol–water partition coefficient (Wildman–Crippen LogP) is 9.43. The number of ether oxygens (including phenoxy) is 2. The van der Waals surface area contributed by atoms with Gasteiger partial charge in [0.1, 0.15) is 22.9 Å². The van der Waals surface area contributed by atoms with Crippen LogP contribution in [0.4, 0.5) is 9.59 Å². The summed E-state index contributed by atoms with van der Waals surface area (Å²) in [7, 11) is 0. The fourth-order valence-corrected chi connectivity index (χ4v) is 8.32. The van der Waals surface area contributed by atoms with E-state index in [1.54, 1.807) is 0 Å². The van der Waals surface area contributed by atoms with Crippen molar-refractivity contribution in [3.63, 3.8) is 0 Å². The number of carbonyl (C=O) groups is 2. The summed E-state index contributed by atoms with van der Waals surface area (Å²) in [6.07, 6.45) is 7.14. The molecule has 1 unspecified atom stereocenters. The van der Waals surface area contributed by atoms with Crippen LogP contribution >= 0.6 is 0 Å². The van der Waals surface area contributed by atoms with Crippen molar-refractivity contribution in [2.24, 2.45) is 11.8 Å². The van der Waals surface area contributed by atoms with Gasteiger partial charge in [0.05, 0.1) is 35.9 Å². The molecular formula is C42H46N6O4. The number of fused-ring (bicyclic) bond motifs is 3. The van der Waals surface area contributed by atoms with Crippen molar-refractivity contribution in [2.75, 3.05) is 0 Å². The minimum absolute atomic E-state index is 0.0975. The van der Waals surface area contributed by atoms with Gasteiger partial charge in [0, 0.05) is 23.2 Å². The number of carbonyl (C=O) groups excluding carboxylic acids is 2. The summed E-state index contributed by atoms with van der Waals surface area (Å²) in [6.45, 7) is 11.4. The molecule has 0 radical (unpaired) electrons. The van der Waals surface area contributed by atoms with Crippen molar-refractivity contribution >= 4 is 23.0 Å². The summed E-state index contributed by atoms with van der Waals surface area (Å²) in [5.74, 6) is 2.67. The molecular weight excluding hydrogens is 652 g/mol. The Morgan fingerprint density at radius 3 is 1.58 bits per heavy atom. The standard InChI is InChI=1S/C42H46N6O4/c1-41(2,3)51-39(49)47-33-17-29(33)19-35(47)37-43-21-31(45-37)27-9-7-8-23(15-27)24-10-11-26-16-28(13-12-25(26)14-24)32-22-44-38(46-32)36-20-30-18-34(30)48(36)40(50)52-42(4,5)6/h7-16,21-22,29-30,33-36H,17-20H2,1-6H3,(H,43,45)(H,44,46)/t29-,30?,33-,34-,35+,36+/m1/s1. The molecule has 10 nitrogen and oxygen atoms in total. The second-order valence-corrected chi connectivity index (χ2v) is 17.1. The number of nitrogens with one attached hydrogen (secondary N) is 2. The van der Waals surface area contributed by atoms with Crippen LogP contribution in [0, 0.1) is 11.8 Å². The highest BCUT2D eigenvalue weighted by Crippen LogP contribution is 2.54. The van der Waals surface area contributed by atoms with Gasteiger partial charge in [0.15, 0.2) is 0 Å². The van der Waals surface area contributed by atoms with Gasteiger partial charge in [-0.25, -0.2) is 19.6 Å². The Kier molecular flexibility index (Phi) is 7.37. The van der Waals surface area contributed by atoms with E-state index in [2.05, 4.69) is 70.6 Å². The number of benzene rings is 3. The summed E-state index contributed by atoms with van der Waals surface area (Å²) >= 11 is 0. The Morgan fingerprint density at radius 2 is 1.06 bits per heavy atom. The highest BCUT2D eigenvalue weighted by atomic mass is 16.6. The summed E-state index contributed by atoms with van der Waals surface area (Å²) in [4.78, 5) is 46.6. The zero-order chi connectivity index (χ0) is 36.1. The number of nitrogens with zero attached hydrogens (tertiary/aromatic N) is 4. The molecule has 2 N–H and O–H groups in total. The smallest absolute Gasteiger partial charge is 0.411 e. The molecule has 4 aliphatic rings. The quantitative estimate of drug-likeness (QED) is 0.189. The molecule has 9 rings (SSSR count). The highest BCUT2D eigenvalue weighted by molar-refractivity contribution is 5.91. The molecule has 268 valence electrons. The third-order valence-corrected chi connectivity index (χ3v) is 10.9. The first kappa shape index (κ1) is 32.8. The van der Waals surface area contributed by atoms with E-state index in [0.717, 1.165) is 81.7 Å². The molecule has 2 aromatic heterocycles. The topological polar surface area (TPSA) is 116 Å². The maximum Gasteiger partial charge on any atom is 0.411 e. The molecule has 3 aromatic carbocycles. The van der Waals surface area contributed by atoms with E-state index in [0.29, 0.717) is 11.8 Å². The molecule has 6 atom stereocenters. The zero-order valence-electron chi connectivity index (χ0n) is 30.6. The van der Waals surface area contributed by atoms with Gasteiger partial charge in [-0.3, -0.25) is 9.80 Å². The van der Waals surface area contributed by atoms with Crippen molar-refractivity contribution in [2.45, 2.75) is 103 Å². The van der Waals surface area contributed by atoms with Crippen LogP contribution in [0.25, 0.3) is 44.4 Å². The van der Waals surface area contributed by atoms with Gasteiger partial charge in [-0.05, 0) is 119 Å². The third-order valence-electron chi connectivity index (χ3n) is 10.9. The molecule has 10 heteroatoms. The average molecular weight is 699 g/mol. The highest BCUT2D eigenvalue weighted by Gasteiger charge is 2.57. The Labute approximate surface area is 303 Å². The summed E-state index contributed by atoms with van der Waals surface area (Å²) in [6, 6.07) is 21.8. The lowest BCUT2D eigenvalue weighted by Crippen LogP contribution is -2.38. The zero-order valence-corrected chi connectivity index (χ0v) is 30.6. The number of H-pyrrole nitrogens is 2. The van der Waals surface area contributed by atoms with E-state index >= 15 is 0 Å². The first-order valence-electron chi connectivity index (χ1n) is 18.6. The van der Waals surface area contributed by atoms with E-state index < -0.39 is 11.2 Å². The van der Waals surface area contributed by atoms with Gasteiger partial charge in [0.25, 0.3) is 0 Å². The van der Waals surface area contributed by atoms with Crippen molar-refractivity contribution in [3.05, 3.63) is 84.7 Å². The fourth-order valence-electron chi connectivity index (χ4n) is 8.32. The van der Waals surface area contributed by atoms with Crippen LogP contribution in [-0.2, 0) is 9.47 Å². The van der Waals surface area contributed by atoms with Gasteiger partial charge in [-0.15, -0.1) is 0 Å². The number of piperidine rings is 2. The lowest BCUT2D eigenvalue weighted by Gasteiger charge is -2.29. The maximum absolute atomic E-state index is 13.1. The van der Waals surface area contributed by atoms with Crippen LogP contribution in [0.3, 0.4) is 0 Å². The van der Waals surface area contributed by atoms with Gasteiger partial charge in [0.2, 0.25) is 0 Å². The SMILES string of the molecule is CC(C)(C)OC(=O)N1[C@@H]2CC2C[C@H]1c1ncc(-c2ccc3cc(-c4cccc(-c5cnc([C@@H]6C[C@H]7C[C@H]7N6C(=O)OC(C)(C)C)[nH]5)c4)ccc3c2)[nH]1. The number of aromatic amines is 2. The Bertz CT molecular complexity index is 2210. The van der Waals surface area contributed by atoms with Crippen molar-refractivity contribution < 1.29 is 19.1 Å². The first-order valence-corrected chi connectivity index (χ1v) is 18.6. The third kappa shape index (κ3) is 6.11. The number of amides is 2. The van der Waals surface area contributed by atoms with Gasteiger partial charge in [-0.1, -0.05) is 42.5 Å². The fraction of sp³-hybridized carbons (Fsp3) is 0.429. The van der Waals surface area contributed by atoms with Crippen LogP contribution in [-0.4, -0.2) is 65.2 Å². The number of hydrogen-bond donors (Lipinski definition) is 2. The summed E-state index contributed by atoms with van der Waals surface area (Å²) in [5, 5.41) is 2.28. The second-order valence-electron chi connectivity index (χ2n) is 17.1. The van der Waals surface area contributed by atoms with Crippen LogP contribution in [0.1, 0.15) is 91.0 Å². The van der Waals surface area contributed by atoms with Crippen LogP contribution in [0.2, 0.25) is 0 Å². The minimum Gasteiger partial charge on any atom is -0.444 e. The molecule has 2 aliphatic heterocycles. The Morgan fingerprint density at radius 1 is 0.615 bits per heavy atom. The molecule has 0 bridgehead atoms. The lowest BCUT2D eigenvalue weighted by atomic mass is 9.98. The first-order chi connectivity index (χ1) is 24.8. The Balaban J connectivity index is 0.919. The van der Waals surface area contributed by atoms with Crippen LogP contribution < -0.4 is 0 Å². The molecule has 2 aliphatic carbocycles. The number of hydrogen-bond acceptors (Lipinski definition) is 6. The normalized spacial score (nSPS) is 24.9. The molecule has 52 heavy (non-hydrogen) atoms. The van der Waals surface area contributed by atoms with Crippen molar-refractivity contribution in [3.8, 4) is 33.6 Å². The van der Waals surface area contributed by atoms with Gasteiger partial charge < -0.3 is 19.4 Å². The van der Waals surface area contributed by atoms with Crippen LogP contribution in [0.5, 0.6) is 0 Å². The van der Waals surface area contributed by atoms with Crippen molar-refractivity contribution in [1.82, 2.24) is 29.7 Å². The molecule has 4 fully saturated rings. The number of likely N-dealkylation sites (tertiary alicyclic amines) is 2.